The predicted octanol–water partition coefficient (Wildman–Crippen LogP) is 5.27. The normalized spacial score (nSPS) is 17.4. The lowest BCUT2D eigenvalue weighted by Gasteiger charge is -2.40. The molecule has 1 atom stereocenters. The van der Waals surface area contributed by atoms with Gasteiger partial charge in [0.15, 0.2) is 11.6 Å². The monoisotopic (exact) mass is 450 g/mol. The van der Waals surface area contributed by atoms with Crippen molar-refractivity contribution in [1.82, 2.24) is 4.90 Å². The van der Waals surface area contributed by atoms with Crippen LogP contribution >= 0.6 is 0 Å². The standard InChI is InChI=1S/C20H23F5N2O2S/c1-4-6-14-8-9-18(20(23,24)25)27(17(14)7-5-2)12-13-10-15(21)19(16(22)11-13)26-30(3,28)29/h4,8-11,17,26H,1,5-7,12H2,2-3H3. The van der Waals surface area contributed by atoms with Gasteiger partial charge in [0, 0.05) is 6.54 Å². The highest BCUT2D eigenvalue weighted by Gasteiger charge is 2.41. The first kappa shape index (κ1) is 23.9. The van der Waals surface area contributed by atoms with Crippen LogP contribution in [0.25, 0.3) is 0 Å². The van der Waals surface area contributed by atoms with Gasteiger partial charge < -0.3 is 4.90 Å². The molecule has 0 saturated carbocycles. The number of nitrogens with zero attached hydrogens (tertiary/aromatic N) is 1. The maximum atomic E-state index is 14.3. The summed E-state index contributed by atoms with van der Waals surface area (Å²) in [5.74, 6) is -2.42. The van der Waals surface area contributed by atoms with Crippen LogP contribution in [0.4, 0.5) is 27.6 Å². The minimum absolute atomic E-state index is 0.0554. The molecule has 0 bridgehead atoms. The quantitative estimate of drug-likeness (QED) is 0.434. The Morgan fingerprint density at radius 3 is 2.27 bits per heavy atom. The average molecular weight is 450 g/mol. The summed E-state index contributed by atoms with van der Waals surface area (Å²) >= 11 is 0. The number of hydrogen-bond donors (Lipinski definition) is 1. The van der Waals surface area contributed by atoms with Crippen molar-refractivity contribution in [3.8, 4) is 0 Å². The van der Waals surface area contributed by atoms with Gasteiger partial charge in [-0.2, -0.15) is 13.2 Å². The fraction of sp³-hybridized carbons (Fsp3) is 0.400. The zero-order valence-electron chi connectivity index (χ0n) is 16.6. The number of nitrogens with one attached hydrogen (secondary N) is 1. The molecule has 1 aromatic rings. The highest BCUT2D eigenvalue weighted by Crippen LogP contribution is 2.38. The first-order chi connectivity index (χ1) is 13.9. The van der Waals surface area contributed by atoms with E-state index < -0.39 is 51.8 Å². The molecule has 0 spiro atoms. The molecule has 10 heteroatoms. The highest BCUT2D eigenvalue weighted by molar-refractivity contribution is 7.92. The summed E-state index contributed by atoms with van der Waals surface area (Å²) in [7, 11) is -3.94. The fourth-order valence-corrected chi connectivity index (χ4v) is 3.96. The third-order valence-corrected chi connectivity index (χ3v) is 5.12. The molecule has 0 saturated heterocycles. The van der Waals surface area contributed by atoms with Crippen molar-refractivity contribution < 1.29 is 30.4 Å². The average Bonchev–Trinajstić information content (AvgIpc) is 2.59. The van der Waals surface area contributed by atoms with E-state index in [2.05, 4.69) is 6.58 Å². The van der Waals surface area contributed by atoms with Crippen LogP contribution in [0.1, 0.15) is 31.7 Å². The fourth-order valence-electron chi connectivity index (χ4n) is 3.40. The molecule has 166 valence electrons. The molecule has 1 N–H and O–H groups in total. The molecular formula is C20H23F5N2O2S. The number of alkyl halides is 3. The Morgan fingerprint density at radius 2 is 1.80 bits per heavy atom. The van der Waals surface area contributed by atoms with Crippen LogP contribution in [0.3, 0.4) is 0 Å². The van der Waals surface area contributed by atoms with Gasteiger partial charge in [-0.3, -0.25) is 4.72 Å². The summed E-state index contributed by atoms with van der Waals surface area (Å²) in [5.41, 5.74) is -1.12. The number of anilines is 1. The number of hydrogen-bond acceptors (Lipinski definition) is 3. The third-order valence-electron chi connectivity index (χ3n) is 4.54. The van der Waals surface area contributed by atoms with E-state index in [1.54, 1.807) is 10.8 Å². The van der Waals surface area contributed by atoms with E-state index in [1.807, 2.05) is 6.92 Å². The van der Waals surface area contributed by atoms with Gasteiger partial charge in [0.2, 0.25) is 10.0 Å². The number of benzene rings is 1. The second kappa shape index (κ2) is 9.20. The molecule has 0 aromatic heterocycles. The topological polar surface area (TPSA) is 49.4 Å². The molecule has 1 aromatic carbocycles. The molecular weight excluding hydrogens is 427 g/mol. The number of halogens is 5. The van der Waals surface area contributed by atoms with Gasteiger partial charge in [-0.05, 0) is 42.2 Å². The second-order valence-electron chi connectivity index (χ2n) is 7.03. The Bertz CT molecular complexity index is 945. The maximum absolute atomic E-state index is 14.3. The summed E-state index contributed by atoms with van der Waals surface area (Å²) in [6.45, 7) is 5.06. The molecule has 30 heavy (non-hydrogen) atoms. The molecule has 0 radical (unpaired) electrons. The first-order valence-electron chi connectivity index (χ1n) is 9.18. The van der Waals surface area contributed by atoms with Crippen LogP contribution in [-0.4, -0.2) is 31.8 Å². The Labute approximate surface area is 172 Å². The molecule has 0 aliphatic carbocycles. The van der Waals surface area contributed by atoms with Gasteiger partial charge in [0.05, 0.1) is 12.3 Å². The number of sulfonamides is 1. The lowest BCUT2D eigenvalue weighted by atomic mass is 9.93. The number of allylic oxidation sites excluding steroid dienone is 4. The van der Waals surface area contributed by atoms with E-state index in [9.17, 15) is 30.4 Å². The van der Waals surface area contributed by atoms with Gasteiger partial charge in [-0.15, -0.1) is 6.58 Å². The van der Waals surface area contributed by atoms with Gasteiger partial charge in [0.1, 0.15) is 11.4 Å². The molecule has 4 nitrogen and oxygen atoms in total. The zero-order valence-corrected chi connectivity index (χ0v) is 17.4. The summed E-state index contributed by atoms with van der Waals surface area (Å²) in [6.07, 6.45) is 1.42. The van der Waals surface area contributed by atoms with Crippen LogP contribution < -0.4 is 4.72 Å². The van der Waals surface area contributed by atoms with Crippen LogP contribution in [0.15, 0.2) is 48.2 Å². The maximum Gasteiger partial charge on any atom is 0.431 e. The Hall–Kier alpha value is -2.36. The van der Waals surface area contributed by atoms with Gasteiger partial charge in [0.25, 0.3) is 0 Å². The smallest absolute Gasteiger partial charge is 0.356 e. The lowest BCUT2D eigenvalue weighted by Crippen LogP contribution is -2.42. The third kappa shape index (κ3) is 5.84. The summed E-state index contributed by atoms with van der Waals surface area (Å²) in [4.78, 5) is 1.08. The predicted molar refractivity (Wildman–Crippen MR) is 106 cm³/mol. The van der Waals surface area contributed by atoms with Crippen LogP contribution in [0, 0.1) is 11.6 Å². The largest absolute Gasteiger partial charge is 0.431 e. The molecule has 1 aliphatic rings. The van der Waals surface area contributed by atoms with Gasteiger partial charge >= 0.3 is 6.18 Å². The van der Waals surface area contributed by atoms with Crippen molar-refractivity contribution in [2.24, 2.45) is 0 Å². The van der Waals surface area contributed by atoms with Gasteiger partial charge in [-0.1, -0.05) is 25.5 Å². The van der Waals surface area contributed by atoms with E-state index >= 15 is 0 Å². The van der Waals surface area contributed by atoms with E-state index in [0.717, 1.165) is 34.9 Å². The van der Waals surface area contributed by atoms with E-state index in [-0.39, 0.29) is 5.56 Å². The Morgan fingerprint density at radius 1 is 1.20 bits per heavy atom. The van der Waals surface area contributed by atoms with Crippen LogP contribution in [0.5, 0.6) is 0 Å². The molecule has 2 rings (SSSR count). The van der Waals surface area contributed by atoms with Crippen molar-refractivity contribution in [3.63, 3.8) is 0 Å². The minimum Gasteiger partial charge on any atom is -0.356 e. The Balaban J connectivity index is 2.47. The SMILES string of the molecule is C=CCC1=CC=C(C(F)(F)F)N(Cc2cc(F)c(NS(C)(=O)=O)c(F)c2)C1CCC. The molecule has 1 heterocycles. The lowest BCUT2D eigenvalue weighted by molar-refractivity contribution is -0.116. The van der Waals surface area contributed by atoms with Crippen molar-refractivity contribution in [2.45, 2.75) is 44.9 Å². The van der Waals surface area contributed by atoms with Crippen LogP contribution in [0.2, 0.25) is 0 Å². The summed E-state index contributed by atoms with van der Waals surface area (Å²) in [6, 6.07) is 1.05. The van der Waals surface area contributed by atoms with Crippen LogP contribution in [-0.2, 0) is 16.6 Å². The van der Waals surface area contributed by atoms with Crippen molar-refractivity contribution in [3.05, 3.63) is 65.4 Å². The summed E-state index contributed by atoms with van der Waals surface area (Å²) in [5, 5.41) is 0. The summed E-state index contributed by atoms with van der Waals surface area (Å²) < 4.78 is 93.9. The van der Waals surface area contributed by atoms with E-state index in [4.69, 9.17) is 0 Å². The Kier molecular flexibility index (Phi) is 7.33. The highest BCUT2D eigenvalue weighted by atomic mass is 32.2. The molecule has 1 aliphatic heterocycles. The first-order valence-corrected chi connectivity index (χ1v) is 11.1. The second-order valence-corrected chi connectivity index (χ2v) is 8.77. The van der Waals surface area contributed by atoms with E-state index in [0.29, 0.717) is 19.3 Å². The molecule has 0 fully saturated rings. The number of rotatable bonds is 8. The minimum atomic E-state index is -4.66. The van der Waals surface area contributed by atoms with Crippen molar-refractivity contribution in [1.29, 1.82) is 0 Å². The van der Waals surface area contributed by atoms with Crippen molar-refractivity contribution in [2.75, 3.05) is 11.0 Å². The van der Waals surface area contributed by atoms with Crippen molar-refractivity contribution >= 4 is 15.7 Å². The molecule has 0 amide bonds. The van der Waals surface area contributed by atoms with E-state index in [1.165, 1.54) is 6.08 Å². The van der Waals surface area contributed by atoms with Gasteiger partial charge in [-0.25, -0.2) is 17.2 Å². The zero-order chi connectivity index (χ0) is 22.7. The molecule has 1 unspecified atom stereocenters.